The van der Waals surface area contributed by atoms with Crippen molar-refractivity contribution in [1.29, 1.82) is 0 Å². The van der Waals surface area contributed by atoms with Crippen LogP contribution in [0.15, 0.2) is 84.9 Å². The minimum absolute atomic E-state index is 0.0655. The van der Waals surface area contributed by atoms with Gasteiger partial charge in [-0.15, -0.1) is 0 Å². The van der Waals surface area contributed by atoms with Gasteiger partial charge in [0, 0.05) is 41.8 Å². The van der Waals surface area contributed by atoms with E-state index in [4.69, 9.17) is 4.74 Å². The highest BCUT2D eigenvalue weighted by molar-refractivity contribution is 6.06. The number of ether oxygens (including phenoxy) is 1. The molecule has 0 fully saturated rings. The van der Waals surface area contributed by atoms with Crippen LogP contribution < -0.4 is 20.7 Å². The van der Waals surface area contributed by atoms with E-state index in [0.717, 1.165) is 22.9 Å². The average Bonchev–Trinajstić information content (AvgIpc) is 3.11. The Morgan fingerprint density at radius 3 is 2.39 bits per heavy atom. The molecule has 49 heavy (non-hydrogen) atoms. The minimum Gasteiger partial charge on any atom is -0.488 e. The molecule has 4 N–H and O–H groups in total. The van der Waals surface area contributed by atoms with E-state index < -0.39 is 35.9 Å². The molecule has 4 aromatic carbocycles. The number of hydrogen-bond acceptors (Lipinski definition) is 5. The van der Waals surface area contributed by atoms with E-state index >= 15 is 0 Å². The van der Waals surface area contributed by atoms with Gasteiger partial charge in [0.2, 0.25) is 5.91 Å². The number of aliphatic hydroxyl groups excluding tert-OH is 1. The average molecular weight is 678 g/mol. The zero-order valence-corrected chi connectivity index (χ0v) is 27.3. The summed E-state index contributed by atoms with van der Waals surface area (Å²) in [7, 11) is 1.53. The quantitative estimate of drug-likeness (QED) is 0.171. The number of carbonyl (C=O) groups is 3. The fraction of sp³-hybridized carbons (Fsp3) is 0.306. The monoisotopic (exact) mass is 677 g/mol. The van der Waals surface area contributed by atoms with Crippen LogP contribution in [-0.4, -0.2) is 71.8 Å². The largest absolute Gasteiger partial charge is 0.488 e. The van der Waals surface area contributed by atoms with E-state index in [1.54, 1.807) is 36.1 Å². The van der Waals surface area contributed by atoms with E-state index in [0.29, 0.717) is 22.7 Å². The van der Waals surface area contributed by atoms with Crippen LogP contribution in [-0.2, 0) is 17.4 Å². The molecule has 1 heterocycles. The molecule has 1 aliphatic heterocycles. The molecule has 258 valence electrons. The zero-order chi connectivity index (χ0) is 35.3. The number of rotatable bonds is 7. The van der Waals surface area contributed by atoms with Gasteiger partial charge in [0.05, 0.1) is 36.9 Å². The number of aliphatic hydroxyl groups is 1. The standard InChI is InChI=1S/C36H38F3N5O5/c1-22-19-44(23(2)21-45)33(46)18-25-17-28(40-34(47)42-30-10-6-8-24-7-4-5-9-29(24)30)15-16-31(25)49-32(22)20-43(3)35(48)41-27-13-11-26(12-14-27)36(37,38)39/h4-17,22-23,32,45H,18-21H2,1-3H3,(H,41,48)(H2,40,42,47)/t22-,23+,32-/m1/s1. The summed E-state index contributed by atoms with van der Waals surface area (Å²) in [5, 5.41) is 20.1. The summed E-state index contributed by atoms with van der Waals surface area (Å²) in [4.78, 5) is 42.6. The number of anilines is 3. The van der Waals surface area contributed by atoms with Crippen molar-refractivity contribution >= 4 is 45.8 Å². The molecule has 5 amide bonds. The van der Waals surface area contributed by atoms with E-state index in [9.17, 15) is 32.7 Å². The number of nitrogens with one attached hydrogen (secondary N) is 3. The molecule has 3 atom stereocenters. The lowest BCUT2D eigenvalue weighted by molar-refractivity contribution is -0.137. The smallest absolute Gasteiger partial charge is 0.416 e. The second-order valence-electron chi connectivity index (χ2n) is 12.2. The van der Waals surface area contributed by atoms with Gasteiger partial charge in [-0.25, -0.2) is 9.59 Å². The first-order valence-electron chi connectivity index (χ1n) is 15.8. The van der Waals surface area contributed by atoms with Gasteiger partial charge in [0.15, 0.2) is 0 Å². The fourth-order valence-corrected chi connectivity index (χ4v) is 5.66. The molecule has 0 bridgehead atoms. The Hall–Kier alpha value is -5.30. The van der Waals surface area contributed by atoms with E-state index in [2.05, 4.69) is 16.0 Å². The van der Waals surface area contributed by atoms with Crippen LogP contribution in [0.2, 0.25) is 0 Å². The lowest BCUT2D eigenvalue weighted by Gasteiger charge is -2.34. The predicted octanol–water partition coefficient (Wildman–Crippen LogP) is 6.82. The number of urea groups is 2. The first-order valence-corrected chi connectivity index (χ1v) is 15.8. The van der Waals surface area contributed by atoms with Gasteiger partial charge >= 0.3 is 18.2 Å². The van der Waals surface area contributed by atoms with E-state index in [1.165, 1.54) is 24.1 Å². The maximum Gasteiger partial charge on any atom is 0.416 e. The van der Waals surface area contributed by atoms with Crippen molar-refractivity contribution in [2.45, 2.75) is 38.6 Å². The lowest BCUT2D eigenvalue weighted by atomic mass is 10.0. The van der Waals surface area contributed by atoms with Crippen LogP contribution >= 0.6 is 0 Å². The van der Waals surface area contributed by atoms with Crippen LogP contribution in [0.4, 0.5) is 39.8 Å². The Morgan fingerprint density at radius 1 is 0.980 bits per heavy atom. The number of benzene rings is 4. The zero-order valence-electron chi connectivity index (χ0n) is 27.3. The lowest BCUT2D eigenvalue weighted by Crippen LogP contribution is -2.48. The van der Waals surface area contributed by atoms with Gasteiger partial charge in [0.1, 0.15) is 11.9 Å². The molecule has 0 saturated carbocycles. The molecule has 10 nitrogen and oxygen atoms in total. The summed E-state index contributed by atoms with van der Waals surface area (Å²) in [6.07, 6.45) is -5.19. The van der Waals surface area contributed by atoms with Gasteiger partial charge < -0.3 is 35.6 Å². The highest BCUT2D eigenvalue weighted by atomic mass is 19.4. The number of carbonyl (C=O) groups excluding carboxylic acids is 3. The van der Waals surface area contributed by atoms with E-state index in [-0.39, 0.29) is 43.6 Å². The number of amides is 5. The number of fused-ring (bicyclic) bond motifs is 2. The van der Waals surface area contributed by atoms with Crippen LogP contribution in [0.3, 0.4) is 0 Å². The maximum absolute atomic E-state index is 13.6. The highest BCUT2D eigenvalue weighted by Gasteiger charge is 2.33. The van der Waals surface area contributed by atoms with Crippen molar-refractivity contribution in [2.75, 3.05) is 42.7 Å². The number of halogens is 3. The van der Waals surface area contributed by atoms with Gasteiger partial charge in [-0.2, -0.15) is 13.2 Å². The number of likely N-dealkylation sites (N-methyl/N-ethyl adjacent to an activating group) is 1. The third-order valence-electron chi connectivity index (χ3n) is 8.48. The molecule has 0 aliphatic carbocycles. The molecule has 4 aromatic rings. The number of alkyl halides is 3. The van der Waals surface area contributed by atoms with Gasteiger partial charge in [-0.1, -0.05) is 43.3 Å². The summed E-state index contributed by atoms with van der Waals surface area (Å²) in [6.45, 7) is 3.64. The Morgan fingerprint density at radius 2 is 1.67 bits per heavy atom. The summed E-state index contributed by atoms with van der Waals surface area (Å²) < 4.78 is 45.3. The summed E-state index contributed by atoms with van der Waals surface area (Å²) in [6, 6.07) is 20.8. The molecule has 0 spiro atoms. The van der Waals surface area contributed by atoms with Crippen molar-refractivity contribution < 1.29 is 37.4 Å². The van der Waals surface area contributed by atoms with Crippen LogP contribution in [0.25, 0.3) is 10.8 Å². The van der Waals surface area contributed by atoms with Crippen molar-refractivity contribution in [3.05, 3.63) is 96.1 Å². The fourth-order valence-electron chi connectivity index (χ4n) is 5.66. The maximum atomic E-state index is 13.6. The van der Waals surface area contributed by atoms with Crippen molar-refractivity contribution in [3.63, 3.8) is 0 Å². The van der Waals surface area contributed by atoms with Crippen LogP contribution in [0.5, 0.6) is 5.75 Å². The third kappa shape index (κ3) is 8.60. The van der Waals surface area contributed by atoms with Gasteiger partial charge in [-0.3, -0.25) is 4.79 Å². The molecule has 13 heteroatoms. The first kappa shape index (κ1) is 35.0. The highest BCUT2D eigenvalue weighted by Crippen LogP contribution is 2.31. The Balaban J connectivity index is 1.34. The van der Waals surface area contributed by atoms with Crippen LogP contribution in [0.1, 0.15) is 25.0 Å². The van der Waals surface area contributed by atoms with Crippen molar-refractivity contribution in [3.8, 4) is 5.75 Å². The molecular formula is C36H38F3N5O5. The molecule has 1 aliphatic rings. The third-order valence-corrected chi connectivity index (χ3v) is 8.48. The predicted molar refractivity (Wildman–Crippen MR) is 182 cm³/mol. The number of hydrogen-bond donors (Lipinski definition) is 4. The molecule has 0 saturated heterocycles. The van der Waals surface area contributed by atoms with Gasteiger partial charge in [0.25, 0.3) is 0 Å². The second kappa shape index (κ2) is 14.9. The topological polar surface area (TPSA) is 123 Å². The van der Waals surface area contributed by atoms with Gasteiger partial charge in [-0.05, 0) is 60.8 Å². The summed E-state index contributed by atoms with van der Waals surface area (Å²) in [5.74, 6) is -0.167. The molecule has 0 radical (unpaired) electrons. The normalized spacial score (nSPS) is 17.1. The molecule has 0 unspecified atom stereocenters. The van der Waals surface area contributed by atoms with Crippen molar-refractivity contribution in [2.24, 2.45) is 5.92 Å². The van der Waals surface area contributed by atoms with E-state index in [1.807, 2.05) is 43.3 Å². The summed E-state index contributed by atoms with van der Waals surface area (Å²) >= 11 is 0. The SMILES string of the molecule is C[C@@H]1CN([C@@H](C)CO)C(=O)Cc2cc(NC(=O)Nc3cccc4ccccc34)ccc2O[C@@H]1CN(C)C(=O)Nc1ccc(C(F)(F)F)cc1. The summed E-state index contributed by atoms with van der Waals surface area (Å²) in [5.41, 5.74) is 0.918. The first-order chi connectivity index (χ1) is 23.3. The molecule has 5 rings (SSSR count). The second-order valence-corrected chi connectivity index (χ2v) is 12.2. The molecular weight excluding hydrogens is 639 g/mol. The van der Waals surface area contributed by atoms with Crippen molar-refractivity contribution in [1.82, 2.24) is 9.80 Å². The molecule has 0 aromatic heterocycles. The Labute approximate surface area is 281 Å². The minimum atomic E-state index is -4.50. The Kier molecular flexibility index (Phi) is 10.6. The Bertz CT molecular complexity index is 1810. The number of nitrogens with zero attached hydrogens (tertiary/aromatic N) is 2. The van der Waals surface area contributed by atoms with Crippen LogP contribution in [0, 0.1) is 5.92 Å².